The Morgan fingerprint density at radius 2 is 1.94 bits per heavy atom. The molecule has 4 N–H and O–H groups in total. The summed E-state index contributed by atoms with van der Waals surface area (Å²) in [7, 11) is 0. The molecule has 3 aromatic rings. The molecule has 3 heterocycles. The third-order valence-electron chi connectivity index (χ3n) is 6.14. The Hall–Kier alpha value is -4.08. The number of hydrogen-bond acceptors (Lipinski definition) is 5. The van der Waals surface area contributed by atoms with Crippen molar-refractivity contribution >= 4 is 23.3 Å². The van der Waals surface area contributed by atoms with Gasteiger partial charge < -0.3 is 20.9 Å². The van der Waals surface area contributed by atoms with Crippen molar-refractivity contribution < 1.29 is 18.4 Å². The number of rotatable bonds is 6. The van der Waals surface area contributed by atoms with E-state index in [1.54, 1.807) is 32.0 Å². The summed E-state index contributed by atoms with van der Waals surface area (Å²) in [5.41, 5.74) is 7.98. The van der Waals surface area contributed by atoms with E-state index in [0.717, 1.165) is 23.8 Å². The first-order valence-corrected chi connectivity index (χ1v) is 11.1. The largest absolute Gasteiger partial charge is 0.384 e. The van der Waals surface area contributed by atoms with Crippen LogP contribution >= 0.6 is 0 Å². The molecular formula is C25H25F2N5O3. The van der Waals surface area contributed by atoms with Gasteiger partial charge in [0.25, 0.3) is 5.56 Å². The maximum atomic E-state index is 14.1. The minimum atomic E-state index is -0.659. The van der Waals surface area contributed by atoms with Crippen molar-refractivity contribution in [3.05, 3.63) is 86.5 Å². The molecule has 0 saturated carbocycles. The molecule has 0 spiro atoms. The number of pyridine rings is 2. The van der Waals surface area contributed by atoms with Crippen molar-refractivity contribution in [3.8, 4) is 0 Å². The Morgan fingerprint density at radius 1 is 1.17 bits per heavy atom. The fourth-order valence-corrected chi connectivity index (χ4v) is 4.23. The van der Waals surface area contributed by atoms with E-state index < -0.39 is 29.0 Å². The highest BCUT2D eigenvalue weighted by molar-refractivity contribution is 5.95. The molecule has 1 aromatic carbocycles. The van der Waals surface area contributed by atoms with Gasteiger partial charge in [-0.05, 0) is 73.7 Å². The maximum absolute atomic E-state index is 14.1. The maximum Gasteiger partial charge on any atom is 0.275 e. The summed E-state index contributed by atoms with van der Waals surface area (Å²) in [6.45, 7) is 3.48. The number of nitrogens with one attached hydrogen (secondary N) is 2. The summed E-state index contributed by atoms with van der Waals surface area (Å²) in [4.78, 5) is 42.5. The molecule has 0 bridgehead atoms. The van der Waals surface area contributed by atoms with Crippen LogP contribution in [0, 0.1) is 31.4 Å². The zero-order chi connectivity index (χ0) is 25.3. The normalized spacial score (nSPS) is 14.9. The second kappa shape index (κ2) is 9.65. The average Bonchev–Trinajstić information content (AvgIpc) is 2.80. The second-order valence-corrected chi connectivity index (χ2v) is 8.66. The number of nitrogens with zero attached hydrogens (tertiary/aromatic N) is 2. The summed E-state index contributed by atoms with van der Waals surface area (Å²) >= 11 is 0. The predicted molar refractivity (Wildman–Crippen MR) is 127 cm³/mol. The van der Waals surface area contributed by atoms with E-state index in [2.05, 4.69) is 15.6 Å². The summed E-state index contributed by atoms with van der Waals surface area (Å²) in [5, 5.41) is 5.37. The zero-order valence-electron chi connectivity index (χ0n) is 19.3. The Bertz CT molecular complexity index is 1390. The van der Waals surface area contributed by atoms with Crippen LogP contribution in [-0.2, 0) is 35.5 Å². The third kappa shape index (κ3) is 5.21. The van der Waals surface area contributed by atoms with E-state index >= 15 is 0 Å². The number of halogens is 2. The number of carbonyl (C=O) groups excluding carboxylic acids is 2. The van der Waals surface area contributed by atoms with E-state index in [1.165, 1.54) is 4.57 Å². The first-order chi connectivity index (χ1) is 16.6. The average molecular weight is 482 g/mol. The summed E-state index contributed by atoms with van der Waals surface area (Å²) in [6, 6.07) is 8.26. The number of nitrogen functional groups attached to an aromatic ring is 1. The van der Waals surface area contributed by atoms with Crippen LogP contribution in [0.3, 0.4) is 0 Å². The number of nitrogens with two attached hydrogens (primary N) is 1. The molecule has 1 unspecified atom stereocenters. The smallest absolute Gasteiger partial charge is 0.275 e. The number of carbonyl (C=O) groups is 2. The van der Waals surface area contributed by atoms with Crippen molar-refractivity contribution in [3.63, 3.8) is 0 Å². The topological polar surface area (TPSA) is 119 Å². The molecular weight excluding hydrogens is 456 g/mol. The van der Waals surface area contributed by atoms with Gasteiger partial charge in [0.2, 0.25) is 11.8 Å². The van der Waals surface area contributed by atoms with Crippen LogP contribution in [0.1, 0.15) is 28.1 Å². The molecule has 10 heteroatoms. The van der Waals surface area contributed by atoms with E-state index in [0.29, 0.717) is 22.8 Å². The van der Waals surface area contributed by atoms with Gasteiger partial charge in [-0.2, -0.15) is 0 Å². The van der Waals surface area contributed by atoms with Crippen LogP contribution in [0.25, 0.3) is 0 Å². The first kappa shape index (κ1) is 24.1. The number of amides is 2. The van der Waals surface area contributed by atoms with Crippen LogP contribution in [0.4, 0.5) is 20.3 Å². The van der Waals surface area contributed by atoms with Gasteiger partial charge in [0.15, 0.2) is 0 Å². The minimum Gasteiger partial charge on any atom is -0.384 e. The fraction of sp³-hybridized carbons (Fsp3) is 0.280. The molecule has 1 atom stereocenters. The van der Waals surface area contributed by atoms with Crippen molar-refractivity contribution in [2.45, 2.75) is 39.8 Å². The van der Waals surface area contributed by atoms with Crippen LogP contribution in [-0.4, -0.2) is 21.4 Å². The SMILES string of the molecule is Cc1nc(N)ccc1CNC(=O)Cn1c(C)cc2c(c1=O)NC(=O)C(Cc1cc(F)ccc1F)C2. The highest BCUT2D eigenvalue weighted by Crippen LogP contribution is 2.27. The first-order valence-electron chi connectivity index (χ1n) is 11.1. The molecule has 182 valence electrons. The Labute approximate surface area is 200 Å². The molecule has 0 fully saturated rings. The summed E-state index contributed by atoms with van der Waals surface area (Å²) in [6.07, 6.45) is 0.197. The van der Waals surface area contributed by atoms with E-state index in [9.17, 15) is 23.2 Å². The van der Waals surface area contributed by atoms with Crippen LogP contribution in [0.2, 0.25) is 0 Å². The Morgan fingerprint density at radius 3 is 2.69 bits per heavy atom. The lowest BCUT2D eigenvalue weighted by Gasteiger charge is -2.26. The molecule has 35 heavy (non-hydrogen) atoms. The number of anilines is 2. The van der Waals surface area contributed by atoms with Gasteiger partial charge in [0.05, 0.1) is 0 Å². The number of aromatic nitrogens is 2. The lowest BCUT2D eigenvalue weighted by atomic mass is 9.88. The Kier molecular flexibility index (Phi) is 6.63. The summed E-state index contributed by atoms with van der Waals surface area (Å²) in [5.74, 6) is -2.28. The summed E-state index contributed by atoms with van der Waals surface area (Å²) < 4.78 is 28.9. The van der Waals surface area contributed by atoms with Gasteiger partial charge in [-0.15, -0.1) is 0 Å². The van der Waals surface area contributed by atoms with Gasteiger partial charge in [-0.25, -0.2) is 13.8 Å². The van der Waals surface area contributed by atoms with Crippen molar-refractivity contribution in [2.24, 2.45) is 5.92 Å². The zero-order valence-corrected chi connectivity index (χ0v) is 19.3. The van der Waals surface area contributed by atoms with Crippen molar-refractivity contribution in [2.75, 3.05) is 11.1 Å². The van der Waals surface area contributed by atoms with Gasteiger partial charge in [0.1, 0.15) is 29.7 Å². The number of fused-ring (bicyclic) bond motifs is 1. The molecule has 2 aromatic heterocycles. The van der Waals surface area contributed by atoms with Gasteiger partial charge in [0, 0.05) is 23.9 Å². The monoisotopic (exact) mass is 481 g/mol. The van der Waals surface area contributed by atoms with Crippen LogP contribution < -0.4 is 21.9 Å². The number of aryl methyl sites for hydroxylation is 2. The van der Waals surface area contributed by atoms with Crippen molar-refractivity contribution in [1.29, 1.82) is 0 Å². The second-order valence-electron chi connectivity index (χ2n) is 8.66. The highest BCUT2D eigenvalue weighted by Gasteiger charge is 2.30. The van der Waals surface area contributed by atoms with E-state index in [1.807, 2.05) is 0 Å². The van der Waals surface area contributed by atoms with Crippen molar-refractivity contribution in [1.82, 2.24) is 14.9 Å². The quantitative estimate of drug-likeness (QED) is 0.500. The lowest BCUT2D eigenvalue weighted by molar-refractivity contribution is -0.122. The molecule has 0 aliphatic carbocycles. The third-order valence-corrected chi connectivity index (χ3v) is 6.14. The van der Waals surface area contributed by atoms with Gasteiger partial charge >= 0.3 is 0 Å². The van der Waals surface area contributed by atoms with E-state index in [4.69, 9.17) is 5.73 Å². The lowest BCUT2D eigenvalue weighted by Crippen LogP contribution is -2.39. The van der Waals surface area contributed by atoms with Gasteiger partial charge in [-0.1, -0.05) is 6.07 Å². The highest BCUT2D eigenvalue weighted by atomic mass is 19.1. The molecule has 0 saturated heterocycles. The van der Waals surface area contributed by atoms with E-state index in [-0.39, 0.29) is 43.1 Å². The predicted octanol–water partition coefficient (Wildman–Crippen LogP) is 2.39. The molecule has 1 aliphatic heterocycles. The minimum absolute atomic E-state index is 0.00118. The standard InChI is InChI=1S/C25H25F2N5O3/c1-13-7-17-9-18(8-16-10-19(26)4-5-20(16)27)24(34)31-23(17)25(35)32(13)12-22(33)29-11-15-3-6-21(28)30-14(15)2/h3-7,10,18H,8-9,11-12H2,1-2H3,(H2,28,30)(H,29,33)(H,31,34). The Balaban J connectivity index is 1.49. The number of hydrogen-bond donors (Lipinski definition) is 3. The molecule has 2 amide bonds. The van der Waals surface area contributed by atoms with Crippen LogP contribution in [0.5, 0.6) is 0 Å². The molecule has 0 radical (unpaired) electrons. The fourth-order valence-electron chi connectivity index (χ4n) is 4.23. The molecule has 1 aliphatic rings. The van der Waals surface area contributed by atoms with Gasteiger partial charge in [-0.3, -0.25) is 14.4 Å². The number of benzene rings is 1. The molecule has 4 rings (SSSR count). The van der Waals surface area contributed by atoms with Crippen LogP contribution in [0.15, 0.2) is 41.2 Å². The molecule has 8 nitrogen and oxygen atoms in total.